The van der Waals surface area contributed by atoms with Gasteiger partial charge in [0.25, 0.3) is 0 Å². The van der Waals surface area contributed by atoms with E-state index in [9.17, 15) is 4.79 Å². The van der Waals surface area contributed by atoms with Gasteiger partial charge in [-0.1, -0.05) is 30.3 Å². The number of halogens is 1. The number of benzene rings is 1. The highest BCUT2D eigenvalue weighted by atomic mass is 35.5. The van der Waals surface area contributed by atoms with Crippen molar-refractivity contribution in [3.63, 3.8) is 0 Å². The zero-order valence-electron chi connectivity index (χ0n) is 18.7. The molecule has 0 bridgehead atoms. The Labute approximate surface area is 193 Å². The molecular formula is C24H29ClN4O3. The second-order valence-electron chi connectivity index (χ2n) is 8.53. The lowest BCUT2D eigenvalue weighted by Gasteiger charge is -2.46. The van der Waals surface area contributed by atoms with Crippen LogP contribution < -0.4 is 15.4 Å². The number of hydrogen-bond donors (Lipinski definition) is 2. The van der Waals surface area contributed by atoms with Crippen LogP contribution in [0.3, 0.4) is 0 Å². The van der Waals surface area contributed by atoms with Crippen molar-refractivity contribution in [2.24, 2.45) is 0 Å². The van der Waals surface area contributed by atoms with Crippen molar-refractivity contribution in [3.05, 3.63) is 59.0 Å². The van der Waals surface area contributed by atoms with Crippen LogP contribution in [0.1, 0.15) is 37.3 Å². The molecule has 8 heteroatoms. The van der Waals surface area contributed by atoms with Gasteiger partial charge >= 0.3 is 0 Å². The van der Waals surface area contributed by atoms with E-state index in [4.69, 9.17) is 21.1 Å². The fourth-order valence-electron chi connectivity index (χ4n) is 4.55. The number of amides is 1. The zero-order valence-corrected chi connectivity index (χ0v) is 19.5. The van der Waals surface area contributed by atoms with Gasteiger partial charge in [-0.3, -0.25) is 9.69 Å². The van der Waals surface area contributed by atoms with E-state index in [2.05, 4.69) is 22.2 Å². The number of hydrogen-bond acceptors (Lipinski definition) is 6. The van der Waals surface area contributed by atoms with Crippen molar-refractivity contribution in [1.29, 1.82) is 0 Å². The summed E-state index contributed by atoms with van der Waals surface area (Å²) in [6.45, 7) is 9.41. The molecule has 1 aromatic heterocycles. The monoisotopic (exact) mass is 456 g/mol. The number of carbonyl (C=O) groups is 1. The summed E-state index contributed by atoms with van der Waals surface area (Å²) >= 11 is 6.84. The zero-order chi connectivity index (χ0) is 22.9. The summed E-state index contributed by atoms with van der Waals surface area (Å²) in [5.41, 5.74) is 2.63. The molecule has 1 atom stereocenters. The highest BCUT2D eigenvalue weighted by molar-refractivity contribution is 6.34. The van der Waals surface area contributed by atoms with Gasteiger partial charge in [0.15, 0.2) is 0 Å². The molecule has 2 N–H and O–H groups in total. The van der Waals surface area contributed by atoms with E-state index in [-0.39, 0.29) is 18.4 Å². The number of ether oxygens (including phenoxy) is 2. The second kappa shape index (κ2) is 9.00. The molecule has 2 aliphatic heterocycles. The van der Waals surface area contributed by atoms with Crippen LogP contribution in [0, 0.1) is 6.92 Å². The average molecular weight is 457 g/mol. The normalized spacial score (nSPS) is 21.9. The van der Waals surface area contributed by atoms with Crippen LogP contribution in [0.4, 0.5) is 11.4 Å². The molecular weight excluding hydrogens is 428 g/mol. The van der Waals surface area contributed by atoms with Crippen LogP contribution in [0.2, 0.25) is 5.02 Å². The summed E-state index contributed by atoms with van der Waals surface area (Å²) < 4.78 is 10.7. The van der Waals surface area contributed by atoms with E-state index in [1.54, 1.807) is 18.2 Å². The number of nitrogens with one attached hydrogen (secondary N) is 2. The predicted octanol–water partition coefficient (Wildman–Crippen LogP) is 4.48. The van der Waals surface area contributed by atoms with Gasteiger partial charge in [0.05, 0.1) is 41.7 Å². The maximum absolute atomic E-state index is 13.2. The third-order valence-corrected chi connectivity index (χ3v) is 6.54. The summed E-state index contributed by atoms with van der Waals surface area (Å²) in [4.78, 5) is 19.3. The van der Waals surface area contributed by atoms with Crippen molar-refractivity contribution in [3.8, 4) is 5.88 Å². The number of aromatic nitrogens is 1. The van der Waals surface area contributed by atoms with Crippen LogP contribution in [-0.2, 0) is 15.1 Å². The predicted molar refractivity (Wildman–Crippen MR) is 125 cm³/mol. The molecule has 2 aromatic rings. The summed E-state index contributed by atoms with van der Waals surface area (Å²) in [6.07, 6.45) is 3.62. The number of methoxy groups -OCH3 is 1. The van der Waals surface area contributed by atoms with Crippen LogP contribution in [0.15, 0.2) is 42.9 Å². The van der Waals surface area contributed by atoms with Gasteiger partial charge < -0.3 is 20.1 Å². The summed E-state index contributed by atoms with van der Waals surface area (Å²) in [6, 6.07) is 7.85. The fourth-order valence-corrected chi connectivity index (χ4v) is 4.93. The Hall–Kier alpha value is -2.77. The summed E-state index contributed by atoms with van der Waals surface area (Å²) in [5.74, 6) is 1.24. The van der Waals surface area contributed by atoms with Crippen LogP contribution in [0.5, 0.6) is 5.88 Å². The Balaban J connectivity index is 1.58. The molecule has 170 valence electrons. The van der Waals surface area contributed by atoms with E-state index < -0.39 is 5.54 Å². The number of aryl methyl sites for hydroxylation is 1. The number of rotatable bonds is 5. The van der Waals surface area contributed by atoms with Gasteiger partial charge in [-0.25, -0.2) is 4.98 Å². The summed E-state index contributed by atoms with van der Waals surface area (Å²) in [5, 5.41) is 7.36. The molecule has 0 saturated carbocycles. The Kier molecular flexibility index (Phi) is 6.31. The maximum Gasteiger partial charge on any atom is 0.231 e. The SMILES string of the molecule is C=C1N[C@](C)(c2cccc(Nc3cnc(OC)c(C)c3)c2Cl)CC(=O)N1C1CCOCC1. The molecule has 2 aliphatic rings. The number of pyridine rings is 1. The second-order valence-corrected chi connectivity index (χ2v) is 8.91. The van der Waals surface area contributed by atoms with Crippen molar-refractivity contribution >= 4 is 28.9 Å². The van der Waals surface area contributed by atoms with E-state index in [1.807, 2.05) is 38.1 Å². The Bertz CT molecular complexity index is 1020. The molecule has 0 radical (unpaired) electrons. The minimum atomic E-state index is -0.668. The summed E-state index contributed by atoms with van der Waals surface area (Å²) in [7, 11) is 1.60. The van der Waals surface area contributed by atoms with Gasteiger partial charge in [-0.05, 0) is 44.4 Å². The lowest BCUT2D eigenvalue weighted by molar-refractivity contribution is -0.137. The van der Waals surface area contributed by atoms with Gasteiger partial charge in [-0.2, -0.15) is 0 Å². The van der Waals surface area contributed by atoms with E-state index in [0.717, 1.165) is 35.3 Å². The van der Waals surface area contributed by atoms with E-state index in [1.165, 1.54) is 0 Å². The first-order valence-electron chi connectivity index (χ1n) is 10.8. The standard InChI is InChI=1S/C24H29ClN4O3/c1-15-12-17(14-26-23(15)31-4)27-20-7-5-6-19(22(20)25)24(3)13-21(30)29(16(2)28-24)18-8-10-32-11-9-18/h5-7,12,14,18,27-28H,2,8-11,13H2,1,3-4H3/t24-/m0/s1. The molecule has 0 aliphatic carbocycles. The van der Waals surface area contributed by atoms with Gasteiger partial charge in [0, 0.05) is 24.8 Å². The molecule has 2 fully saturated rings. The van der Waals surface area contributed by atoms with Crippen molar-refractivity contribution in [1.82, 2.24) is 15.2 Å². The molecule has 1 amide bonds. The first-order chi connectivity index (χ1) is 15.3. The topological polar surface area (TPSA) is 75.7 Å². The van der Waals surface area contributed by atoms with Crippen molar-refractivity contribution < 1.29 is 14.3 Å². The first-order valence-corrected chi connectivity index (χ1v) is 11.1. The molecule has 0 spiro atoms. The molecule has 3 heterocycles. The third kappa shape index (κ3) is 4.27. The first kappa shape index (κ1) is 22.4. The maximum atomic E-state index is 13.2. The Morgan fingerprint density at radius 3 is 2.78 bits per heavy atom. The lowest BCUT2D eigenvalue weighted by atomic mass is 9.85. The number of carbonyl (C=O) groups excluding carboxylic acids is 1. The molecule has 4 rings (SSSR count). The molecule has 0 unspecified atom stereocenters. The smallest absolute Gasteiger partial charge is 0.231 e. The molecule has 32 heavy (non-hydrogen) atoms. The van der Waals surface area contributed by atoms with Crippen LogP contribution in [-0.4, -0.2) is 42.2 Å². The Morgan fingerprint density at radius 1 is 1.38 bits per heavy atom. The van der Waals surface area contributed by atoms with Gasteiger partial charge in [0.1, 0.15) is 5.82 Å². The molecule has 1 aromatic carbocycles. The average Bonchev–Trinajstić information content (AvgIpc) is 2.75. The number of nitrogens with zero attached hydrogens (tertiary/aromatic N) is 2. The van der Waals surface area contributed by atoms with Gasteiger partial charge in [0.2, 0.25) is 11.8 Å². The lowest BCUT2D eigenvalue weighted by Crippen LogP contribution is -2.57. The highest BCUT2D eigenvalue weighted by Gasteiger charge is 2.42. The van der Waals surface area contributed by atoms with Crippen molar-refractivity contribution in [2.75, 3.05) is 25.6 Å². The van der Waals surface area contributed by atoms with E-state index >= 15 is 0 Å². The highest BCUT2D eigenvalue weighted by Crippen LogP contribution is 2.40. The minimum Gasteiger partial charge on any atom is -0.481 e. The fraction of sp³-hybridized carbons (Fsp3) is 0.417. The van der Waals surface area contributed by atoms with Crippen LogP contribution >= 0.6 is 11.6 Å². The molecule has 2 saturated heterocycles. The molecule has 7 nitrogen and oxygen atoms in total. The van der Waals surface area contributed by atoms with Crippen molar-refractivity contribution in [2.45, 2.75) is 44.7 Å². The van der Waals surface area contributed by atoms with E-state index in [0.29, 0.717) is 29.9 Å². The Morgan fingerprint density at radius 2 is 2.12 bits per heavy atom. The van der Waals surface area contributed by atoms with Gasteiger partial charge in [-0.15, -0.1) is 0 Å². The van der Waals surface area contributed by atoms with Crippen LogP contribution in [0.25, 0.3) is 0 Å². The largest absolute Gasteiger partial charge is 0.481 e. The quantitative estimate of drug-likeness (QED) is 0.690. The number of anilines is 2. The minimum absolute atomic E-state index is 0.0487. The third-order valence-electron chi connectivity index (χ3n) is 6.14.